The number of hydrogen-bond acceptors (Lipinski definition) is 3. The molecule has 2 nitrogen and oxygen atoms in total. The van der Waals surface area contributed by atoms with Crippen LogP contribution in [0.5, 0.6) is 0 Å². The van der Waals surface area contributed by atoms with Crippen LogP contribution in [0, 0.1) is 0 Å². The van der Waals surface area contributed by atoms with Crippen molar-refractivity contribution in [3.8, 4) is 0 Å². The molecule has 1 aromatic carbocycles. The van der Waals surface area contributed by atoms with Crippen LogP contribution < -0.4 is 0 Å². The first-order valence-electron chi connectivity index (χ1n) is 5.57. The zero-order valence-electron chi connectivity index (χ0n) is 9.81. The molecule has 1 rings (SSSR count). The highest BCUT2D eigenvalue weighted by Crippen LogP contribution is 2.12. The van der Waals surface area contributed by atoms with Crippen molar-refractivity contribution in [3.05, 3.63) is 35.9 Å². The van der Waals surface area contributed by atoms with Gasteiger partial charge in [-0.2, -0.15) is 0 Å². The van der Waals surface area contributed by atoms with Crippen LogP contribution in [0.1, 0.15) is 30.6 Å². The maximum absolute atomic E-state index is 11.7. The Morgan fingerprint density at radius 1 is 1.38 bits per heavy atom. The summed E-state index contributed by atoms with van der Waals surface area (Å²) in [5.41, 5.74) is 0.760. The minimum atomic E-state index is 0.119. The molecule has 1 atom stereocenters. The molecule has 3 heteroatoms. The van der Waals surface area contributed by atoms with E-state index < -0.39 is 0 Å². The molecular weight excluding hydrogens is 220 g/mol. The van der Waals surface area contributed by atoms with E-state index in [1.165, 1.54) is 11.8 Å². The molecule has 0 amide bonds. The summed E-state index contributed by atoms with van der Waals surface area (Å²) in [5.74, 6) is 0.720. The van der Waals surface area contributed by atoms with E-state index in [2.05, 4.69) is 6.92 Å². The summed E-state index contributed by atoms with van der Waals surface area (Å²) in [6.07, 6.45) is 1.30. The zero-order valence-corrected chi connectivity index (χ0v) is 10.6. The van der Waals surface area contributed by atoms with Crippen LogP contribution in [-0.2, 0) is 4.74 Å². The molecule has 0 fully saturated rings. The number of benzene rings is 1. The van der Waals surface area contributed by atoms with E-state index in [1.807, 2.05) is 37.3 Å². The molecular formula is C13H18O2S. The highest BCUT2D eigenvalue weighted by atomic mass is 32.2. The fourth-order valence-corrected chi connectivity index (χ4v) is 1.83. The summed E-state index contributed by atoms with van der Waals surface area (Å²) >= 11 is 1.32. The lowest BCUT2D eigenvalue weighted by Gasteiger charge is -2.09. The molecule has 1 aromatic rings. The Morgan fingerprint density at radius 2 is 2.06 bits per heavy atom. The number of thioether (sulfide) groups is 1. The average molecular weight is 238 g/mol. The Balaban J connectivity index is 2.21. The second-order valence-electron chi connectivity index (χ2n) is 3.59. The number of ether oxygens (including phenoxy) is 1. The van der Waals surface area contributed by atoms with Crippen molar-refractivity contribution >= 4 is 16.9 Å². The summed E-state index contributed by atoms with van der Waals surface area (Å²) in [6, 6.07) is 9.34. The molecule has 0 aliphatic rings. The molecule has 88 valence electrons. The van der Waals surface area contributed by atoms with Gasteiger partial charge >= 0.3 is 0 Å². The summed E-state index contributed by atoms with van der Waals surface area (Å²) < 4.78 is 5.50. The van der Waals surface area contributed by atoms with Gasteiger partial charge < -0.3 is 4.74 Å². The normalized spacial score (nSPS) is 12.4. The first kappa shape index (κ1) is 13.3. The third-order valence-electron chi connectivity index (χ3n) is 2.30. The second-order valence-corrected chi connectivity index (χ2v) is 4.66. The Kier molecular flexibility index (Phi) is 6.19. The molecule has 0 N–H and O–H groups in total. The fraction of sp³-hybridized carbons (Fsp3) is 0.462. The number of carbonyl (C=O) groups excluding carboxylic acids is 1. The average Bonchev–Trinajstić information content (AvgIpc) is 2.35. The van der Waals surface area contributed by atoms with Gasteiger partial charge in [0, 0.05) is 11.3 Å². The van der Waals surface area contributed by atoms with E-state index in [-0.39, 0.29) is 11.2 Å². The van der Waals surface area contributed by atoms with Crippen LogP contribution in [0.4, 0.5) is 0 Å². The maximum Gasteiger partial charge on any atom is 0.219 e. The number of hydrogen-bond donors (Lipinski definition) is 0. The van der Waals surface area contributed by atoms with Crippen LogP contribution in [0.3, 0.4) is 0 Å². The third kappa shape index (κ3) is 4.81. The van der Waals surface area contributed by atoms with Crippen molar-refractivity contribution in [1.82, 2.24) is 0 Å². The van der Waals surface area contributed by atoms with E-state index in [0.29, 0.717) is 6.61 Å². The first-order chi connectivity index (χ1) is 7.74. The molecule has 0 spiro atoms. The van der Waals surface area contributed by atoms with E-state index in [4.69, 9.17) is 4.74 Å². The topological polar surface area (TPSA) is 26.3 Å². The van der Waals surface area contributed by atoms with Gasteiger partial charge in [-0.25, -0.2) is 0 Å². The van der Waals surface area contributed by atoms with Gasteiger partial charge in [-0.05, 0) is 13.3 Å². The highest BCUT2D eigenvalue weighted by Gasteiger charge is 2.05. The smallest absolute Gasteiger partial charge is 0.219 e. The van der Waals surface area contributed by atoms with Gasteiger partial charge in [0.1, 0.15) is 0 Å². The Morgan fingerprint density at radius 3 is 2.69 bits per heavy atom. The van der Waals surface area contributed by atoms with Gasteiger partial charge in [-0.3, -0.25) is 4.79 Å². The largest absolute Gasteiger partial charge is 0.378 e. The SMILES string of the molecule is CCC(C)OCCSC(=O)c1ccccc1. The third-order valence-corrected chi connectivity index (χ3v) is 3.17. The van der Waals surface area contributed by atoms with Gasteiger partial charge in [-0.1, -0.05) is 49.0 Å². The van der Waals surface area contributed by atoms with Crippen molar-refractivity contribution in [2.45, 2.75) is 26.4 Å². The lowest BCUT2D eigenvalue weighted by atomic mass is 10.2. The van der Waals surface area contributed by atoms with E-state index >= 15 is 0 Å². The van der Waals surface area contributed by atoms with Crippen LogP contribution >= 0.6 is 11.8 Å². The summed E-state index contributed by atoms with van der Waals surface area (Å²) in [5, 5.41) is 0.119. The fourth-order valence-electron chi connectivity index (χ4n) is 1.16. The van der Waals surface area contributed by atoms with Crippen LogP contribution in [0.25, 0.3) is 0 Å². The Labute approximate surface area is 101 Å². The molecule has 0 heterocycles. The van der Waals surface area contributed by atoms with Gasteiger partial charge in [0.2, 0.25) is 5.12 Å². The molecule has 16 heavy (non-hydrogen) atoms. The zero-order chi connectivity index (χ0) is 11.8. The second kappa shape index (κ2) is 7.47. The molecule has 1 unspecified atom stereocenters. The minimum Gasteiger partial charge on any atom is -0.378 e. The van der Waals surface area contributed by atoms with Gasteiger partial charge in [0.25, 0.3) is 0 Å². The Bertz CT molecular complexity index is 311. The number of rotatable bonds is 6. The van der Waals surface area contributed by atoms with E-state index in [1.54, 1.807) is 0 Å². The quantitative estimate of drug-likeness (QED) is 0.711. The van der Waals surface area contributed by atoms with Gasteiger partial charge in [0.15, 0.2) is 0 Å². The predicted molar refractivity (Wildman–Crippen MR) is 68.9 cm³/mol. The Hall–Kier alpha value is -0.800. The lowest BCUT2D eigenvalue weighted by molar-refractivity contribution is 0.0757. The van der Waals surface area contributed by atoms with Crippen LogP contribution in [-0.4, -0.2) is 23.6 Å². The molecule has 0 aromatic heterocycles. The standard InChI is InChI=1S/C13H18O2S/c1-3-11(2)15-9-10-16-13(14)12-7-5-4-6-8-12/h4-8,11H,3,9-10H2,1-2H3. The van der Waals surface area contributed by atoms with Crippen LogP contribution in [0.2, 0.25) is 0 Å². The van der Waals surface area contributed by atoms with E-state index in [0.717, 1.165) is 17.7 Å². The lowest BCUT2D eigenvalue weighted by Crippen LogP contribution is -2.09. The predicted octanol–water partition coefficient (Wildman–Crippen LogP) is 3.38. The van der Waals surface area contributed by atoms with Crippen molar-refractivity contribution < 1.29 is 9.53 Å². The molecule has 0 radical (unpaired) electrons. The van der Waals surface area contributed by atoms with Crippen molar-refractivity contribution in [2.24, 2.45) is 0 Å². The van der Waals surface area contributed by atoms with Crippen molar-refractivity contribution in [1.29, 1.82) is 0 Å². The monoisotopic (exact) mass is 238 g/mol. The molecule has 0 saturated carbocycles. The summed E-state index contributed by atoms with van der Waals surface area (Å²) in [7, 11) is 0. The maximum atomic E-state index is 11.7. The number of carbonyl (C=O) groups is 1. The molecule has 0 bridgehead atoms. The van der Waals surface area contributed by atoms with Gasteiger partial charge in [-0.15, -0.1) is 0 Å². The van der Waals surface area contributed by atoms with Crippen molar-refractivity contribution in [2.75, 3.05) is 12.4 Å². The first-order valence-corrected chi connectivity index (χ1v) is 6.56. The van der Waals surface area contributed by atoms with E-state index in [9.17, 15) is 4.79 Å². The molecule has 0 aliphatic carbocycles. The van der Waals surface area contributed by atoms with Crippen LogP contribution in [0.15, 0.2) is 30.3 Å². The minimum absolute atomic E-state index is 0.119. The highest BCUT2D eigenvalue weighted by molar-refractivity contribution is 8.14. The summed E-state index contributed by atoms with van der Waals surface area (Å²) in [4.78, 5) is 11.7. The molecule has 0 saturated heterocycles. The molecule has 0 aliphatic heterocycles. The summed E-state index contributed by atoms with van der Waals surface area (Å²) in [6.45, 7) is 4.77. The van der Waals surface area contributed by atoms with Gasteiger partial charge in [0.05, 0.1) is 12.7 Å². The van der Waals surface area contributed by atoms with Crippen molar-refractivity contribution in [3.63, 3.8) is 0 Å².